The lowest BCUT2D eigenvalue weighted by atomic mass is 9.90. The van der Waals surface area contributed by atoms with E-state index in [2.05, 4.69) is 75.6 Å². The van der Waals surface area contributed by atoms with Crippen molar-refractivity contribution in [3.05, 3.63) is 70.3 Å². The molecule has 2 aromatic carbocycles. The molecule has 1 heteroatoms. The Labute approximate surface area is 116 Å². The summed E-state index contributed by atoms with van der Waals surface area (Å²) in [6.45, 7) is 6.59. The van der Waals surface area contributed by atoms with Crippen LogP contribution in [0.5, 0.6) is 0 Å². The van der Waals surface area contributed by atoms with Gasteiger partial charge < -0.3 is 5.32 Å². The van der Waals surface area contributed by atoms with Gasteiger partial charge in [-0.15, -0.1) is 0 Å². The fourth-order valence-electron chi connectivity index (χ4n) is 2.78. The maximum atomic E-state index is 3.48. The lowest BCUT2D eigenvalue weighted by Crippen LogP contribution is -2.21. The van der Waals surface area contributed by atoms with Crippen molar-refractivity contribution in [2.24, 2.45) is 0 Å². The number of hydrogen-bond acceptors (Lipinski definition) is 1. The van der Waals surface area contributed by atoms with E-state index in [-0.39, 0.29) is 0 Å². The van der Waals surface area contributed by atoms with Gasteiger partial charge in [0.05, 0.1) is 0 Å². The highest BCUT2D eigenvalue weighted by molar-refractivity contribution is 5.38. The Morgan fingerprint density at radius 3 is 2.00 bits per heavy atom. The maximum absolute atomic E-state index is 3.48. The summed E-state index contributed by atoms with van der Waals surface area (Å²) in [6.07, 6.45) is 1.04. The molecule has 2 aromatic rings. The largest absolute Gasteiger partial charge is 0.313 e. The van der Waals surface area contributed by atoms with Crippen LogP contribution in [-0.4, -0.2) is 7.05 Å². The van der Waals surface area contributed by atoms with E-state index in [1.807, 2.05) is 0 Å². The van der Waals surface area contributed by atoms with Gasteiger partial charge in [0.15, 0.2) is 0 Å². The molecule has 0 aromatic heterocycles. The molecule has 0 saturated heterocycles. The van der Waals surface area contributed by atoms with Crippen LogP contribution in [0.4, 0.5) is 0 Å². The molecule has 1 unspecified atom stereocenters. The molecule has 2 rings (SSSR count). The Balaban J connectivity index is 2.34. The van der Waals surface area contributed by atoms with Crippen LogP contribution in [0.1, 0.15) is 33.9 Å². The van der Waals surface area contributed by atoms with E-state index >= 15 is 0 Å². The summed E-state index contributed by atoms with van der Waals surface area (Å²) in [5.41, 5.74) is 6.97. The highest BCUT2D eigenvalue weighted by Gasteiger charge is 2.15. The normalized spacial score (nSPS) is 12.4. The van der Waals surface area contributed by atoms with Gasteiger partial charge in [-0.25, -0.2) is 0 Å². The van der Waals surface area contributed by atoms with Gasteiger partial charge >= 0.3 is 0 Å². The van der Waals surface area contributed by atoms with Crippen LogP contribution in [0.25, 0.3) is 0 Å². The van der Waals surface area contributed by atoms with Crippen LogP contribution in [0.3, 0.4) is 0 Å². The predicted molar refractivity (Wildman–Crippen MR) is 82.6 cm³/mol. The van der Waals surface area contributed by atoms with Crippen molar-refractivity contribution in [3.8, 4) is 0 Å². The second-order valence-electron chi connectivity index (χ2n) is 5.28. The van der Waals surface area contributed by atoms with Crippen LogP contribution in [-0.2, 0) is 6.42 Å². The second-order valence-corrected chi connectivity index (χ2v) is 5.28. The molecule has 0 bridgehead atoms. The summed E-state index contributed by atoms with van der Waals surface area (Å²) >= 11 is 0. The molecule has 19 heavy (non-hydrogen) atoms. The van der Waals surface area contributed by atoms with Crippen LogP contribution in [0.15, 0.2) is 42.5 Å². The molecule has 0 aliphatic rings. The minimum absolute atomic E-state index is 0.377. The Kier molecular flexibility index (Phi) is 4.39. The zero-order valence-electron chi connectivity index (χ0n) is 12.3. The van der Waals surface area contributed by atoms with E-state index in [0.717, 1.165) is 6.42 Å². The van der Waals surface area contributed by atoms with Crippen LogP contribution >= 0.6 is 0 Å². The minimum Gasteiger partial charge on any atom is -0.313 e. The molecule has 1 nitrogen and oxygen atoms in total. The molecular weight excluding hydrogens is 230 g/mol. The lowest BCUT2D eigenvalue weighted by molar-refractivity contribution is 0.584. The fourth-order valence-corrected chi connectivity index (χ4v) is 2.78. The summed E-state index contributed by atoms with van der Waals surface area (Å²) < 4.78 is 0. The average molecular weight is 253 g/mol. The monoisotopic (exact) mass is 253 g/mol. The Bertz CT molecular complexity index is 537. The van der Waals surface area contributed by atoms with Crippen molar-refractivity contribution in [2.75, 3.05) is 7.05 Å². The minimum atomic E-state index is 0.377. The second kappa shape index (κ2) is 6.03. The maximum Gasteiger partial charge on any atom is 0.0363 e. The quantitative estimate of drug-likeness (QED) is 0.864. The van der Waals surface area contributed by atoms with Gasteiger partial charge in [-0.05, 0) is 62.1 Å². The Morgan fingerprint density at radius 1 is 0.842 bits per heavy atom. The molecule has 0 aliphatic heterocycles. The fraction of sp³-hybridized carbons (Fsp3) is 0.333. The number of benzene rings is 2. The van der Waals surface area contributed by atoms with Gasteiger partial charge in [0.25, 0.3) is 0 Å². The molecule has 0 amide bonds. The molecule has 1 N–H and O–H groups in total. The smallest absolute Gasteiger partial charge is 0.0363 e. The third-order valence-electron chi connectivity index (χ3n) is 3.92. The van der Waals surface area contributed by atoms with E-state index < -0.39 is 0 Å². The highest BCUT2D eigenvalue weighted by atomic mass is 14.9. The van der Waals surface area contributed by atoms with E-state index in [0.29, 0.717) is 6.04 Å². The number of aryl methyl sites for hydroxylation is 3. The zero-order valence-corrected chi connectivity index (χ0v) is 12.3. The summed E-state index contributed by atoms with van der Waals surface area (Å²) in [5.74, 6) is 0. The van der Waals surface area contributed by atoms with Gasteiger partial charge in [-0.2, -0.15) is 0 Å². The number of likely N-dealkylation sites (N-methyl/N-ethyl adjacent to an activating group) is 1. The number of rotatable bonds is 4. The third kappa shape index (κ3) is 3.05. The summed E-state index contributed by atoms with van der Waals surface area (Å²) in [5, 5.41) is 3.48. The first-order chi connectivity index (χ1) is 9.13. The van der Waals surface area contributed by atoms with Crippen LogP contribution in [0, 0.1) is 20.8 Å². The van der Waals surface area contributed by atoms with E-state index in [9.17, 15) is 0 Å². The number of nitrogens with one attached hydrogen (secondary N) is 1. The zero-order chi connectivity index (χ0) is 13.8. The molecule has 0 heterocycles. The van der Waals surface area contributed by atoms with Crippen LogP contribution in [0.2, 0.25) is 0 Å². The van der Waals surface area contributed by atoms with Gasteiger partial charge in [-0.3, -0.25) is 0 Å². The van der Waals surface area contributed by atoms with E-state index in [1.54, 1.807) is 0 Å². The molecule has 0 spiro atoms. The van der Waals surface area contributed by atoms with Crippen molar-refractivity contribution in [3.63, 3.8) is 0 Å². The highest BCUT2D eigenvalue weighted by Crippen LogP contribution is 2.25. The van der Waals surface area contributed by atoms with Crippen molar-refractivity contribution >= 4 is 0 Å². The number of hydrogen-bond donors (Lipinski definition) is 1. The van der Waals surface area contributed by atoms with Gasteiger partial charge in [0, 0.05) is 6.04 Å². The first kappa shape index (κ1) is 13.8. The van der Waals surface area contributed by atoms with Gasteiger partial charge in [-0.1, -0.05) is 42.5 Å². The first-order valence-corrected chi connectivity index (χ1v) is 6.91. The summed E-state index contributed by atoms with van der Waals surface area (Å²) in [6, 6.07) is 15.6. The molecule has 0 saturated carbocycles. The Hall–Kier alpha value is -1.60. The molecule has 1 atom stereocenters. The van der Waals surface area contributed by atoms with Crippen molar-refractivity contribution in [2.45, 2.75) is 33.2 Å². The van der Waals surface area contributed by atoms with E-state index in [4.69, 9.17) is 0 Å². The topological polar surface area (TPSA) is 12.0 Å². The Morgan fingerprint density at radius 2 is 1.42 bits per heavy atom. The predicted octanol–water partition coefficient (Wildman–Crippen LogP) is 4.12. The molecule has 100 valence electrons. The lowest BCUT2D eigenvalue weighted by Gasteiger charge is -2.22. The molecule has 0 aliphatic carbocycles. The van der Waals surface area contributed by atoms with Crippen molar-refractivity contribution in [1.82, 2.24) is 5.32 Å². The average Bonchev–Trinajstić information content (AvgIpc) is 2.39. The molecular formula is C18H23N. The SMILES string of the molecule is CNC(Cc1ccccc1C)c1c(C)cccc1C. The summed E-state index contributed by atoms with van der Waals surface area (Å²) in [7, 11) is 2.05. The summed E-state index contributed by atoms with van der Waals surface area (Å²) in [4.78, 5) is 0. The van der Waals surface area contributed by atoms with Gasteiger partial charge in [0.2, 0.25) is 0 Å². The standard InChI is InChI=1S/C18H23N/c1-13-8-5-6-11-16(13)12-17(19-4)18-14(2)9-7-10-15(18)3/h5-11,17,19H,12H2,1-4H3. The molecule has 0 radical (unpaired) electrons. The molecule has 0 fully saturated rings. The van der Waals surface area contributed by atoms with Crippen LogP contribution < -0.4 is 5.32 Å². The third-order valence-corrected chi connectivity index (χ3v) is 3.92. The van der Waals surface area contributed by atoms with Gasteiger partial charge in [0.1, 0.15) is 0 Å². The van der Waals surface area contributed by atoms with E-state index in [1.165, 1.54) is 27.8 Å². The van der Waals surface area contributed by atoms with Crippen molar-refractivity contribution in [1.29, 1.82) is 0 Å². The van der Waals surface area contributed by atoms with Crippen molar-refractivity contribution < 1.29 is 0 Å². The first-order valence-electron chi connectivity index (χ1n) is 6.91.